The molecule has 0 fully saturated rings. The van der Waals surface area contributed by atoms with E-state index in [1.165, 1.54) is 0 Å². The third-order valence-corrected chi connectivity index (χ3v) is 4.91. The monoisotopic (exact) mass is 351 g/mol. The lowest BCUT2D eigenvalue weighted by atomic mass is 9.90. The minimum absolute atomic E-state index is 0.155. The van der Waals surface area contributed by atoms with Crippen LogP contribution in [-0.4, -0.2) is 15.7 Å². The molecular weight excluding hydrogens is 330 g/mol. The molecule has 1 heterocycles. The zero-order chi connectivity index (χ0) is 15.3. The summed E-state index contributed by atoms with van der Waals surface area (Å²) in [6.07, 6.45) is 3.27. The molecule has 4 nitrogen and oxygen atoms in total. The van der Waals surface area contributed by atoms with Crippen LogP contribution in [0.15, 0.2) is 33.2 Å². The molecule has 2 rings (SSSR count). The molecule has 0 bridgehead atoms. The van der Waals surface area contributed by atoms with Crippen molar-refractivity contribution in [3.05, 3.63) is 34.6 Å². The van der Waals surface area contributed by atoms with Gasteiger partial charge < -0.3 is 9.73 Å². The number of halogens is 1. The molecule has 0 aliphatic carbocycles. The molecule has 1 N–H and O–H groups in total. The lowest BCUT2D eigenvalue weighted by Crippen LogP contribution is -2.43. The highest BCUT2D eigenvalue weighted by molar-refractivity contribution is 9.10. The second-order valence-corrected chi connectivity index (χ2v) is 6.03. The lowest BCUT2D eigenvalue weighted by Gasteiger charge is -2.31. The highest BCUT2D eigenvalue weighted by Gasteiger charge is 2.23. The van der Waals surface area contributed by atoms with Crippen molar-refractivity contribution in [2.45, 2.75) is 52.1 Å². The predicted octanol–water partition coefficient (Wildman–Crippen LogP) is 4.56. The summed E-state index contributed by atoms with van der Waals surface area (Å²) in [4.78, 5) is 0. The van der Waals surface area contributed by atoms with Crippen LogP contribution in [0.25, 0.3) is 11.5 Å². The maximum Gasteiger partial charge on any atom is 0.248 e. The number of hydrogen-bond donors (Lipinski definition) is 1. The molecule has 0 radical (unpaired) electrons. The van der Waals surface area contributed by atoms with Crippen molar-refractivity contribution in [2.75, 3.05) is 0 Å². The minimum Gasteiger partial charge on any atom is -0.419 e. The van der Waals surface area contributed by atoms with Crippen LogP contribution in [0.2, 0.25) is 0 Å². The van der Waals surface area contributed by atoms with E-state index in [1.807, 2.05) is 24.3 Å². The summed E-state index contributed by atoms with van der Waals surface area (Å²) in [5.74, 6) is 1.18. The third-order valence-electron chi connectivity index (χ3n) is 4.22. The molecule has 0 spiro atoms. The van der Waals surface area contributed by atoms with E-state index in [9.17, 15) is 0 Å². The Morgan fingerprint density at radius 2 is 1.76 bits per heavy atom. The first-order chi connectivity index (χ1) is 10.1. The third kappa shape index (κ3) is 3.71. The maximum absolute atomic E-state index is 5.76. The molecule has 114 valence electrons. The Hall–Kier alpha value is -1.20. The van der Waals surface area contributed by atoms with Gasteiger partial charge in [-0.2, -0.15) is 0 Å². The van der Waals surface area contributed by atoms with Gasteiger partial charge in [0.15, 0.2) is 0 Å². The fraction of sp³-hybridized carbons (Fsp3) is 0.500. The van der Waals surface area contributed by atoms with Crippen LogP contribution in [0.3, 0.4) is 0 Å². The Balaban J connectivity index is 2.09. The van der Waals surface area contributed by atoms with Crippen LogP contribution >= 0.6 is 15.9 Å². The molecule has 0 unspecified atom stereocenters. The van der Waals surface area contributed by atoms with Gasteiger partial charge in [0.1, 0.15) is 0 Å². The van der Waals surface area contributed by atoms with Gasteiger partial charge in [-0.25, -0.2) is 0 Å². The topological polar surface area (TPSA) is 51.0 Å². The minimum atomic E-state index is 0.155. The van der Waals surface area contributed by atoms with Crippen LogP contribution < -0.4 is 5.32 Å². The van der Waals surface area contributed by atoms with Gasteiger partial charge in [0.05, 0.1) is 12.1 Å². The number of benzene rings is 1. The Kier molecular flexibility index (Phi) is 5.53. The van der Waals surface area contributed by atoms with Crippen molar-refractivity contribution in [3.63, 3.8) is 0 Å². The Morgan fingerprint density at radius 1 is 1.10 bits per heavy atom. The van der Waals surface area contributed by atoms with Gasteiger partial charge in [-0.15, -0.1) is 10.2 Å². The van der Waals surface area contributed by atoms with Gasteiger partial charge in [0.25, 0.3) is 0 Å². The molecule has 0 saturated carbocycles. The van der Waals surface area contributed by atoms with Gasteiger partial charge in [-0.3, -0.25) is 0 Å². The summed E-state index contributed by atoms with van der Waals surface area (Å²) in [6, 6.07) is 7.85. The molecule has 0 saturated heterocycles. The molecule has 1 aromatic carbocycles. The zero-order valence-corrected chi connectivity index (χ0v) is 14.4. The molecule has 21 heavy (non-hydrogen) atoms. The second kappa shape index (κ2) is 7.18. The van der Waals surface area contributed by atoms with Crippen LogP contribution in [0.5, 0.6) is 0 Å². The highest BCUT2D eigenvalue weighted by atomic mass is 79.9. The number of rotatable bonds is 7. The van der Waals surface area contributed by atoms with Gasteiger partial charge in [0, 0.05) is 10.0 Å². The van der Waals surface area contributed by atoms with Crippen LogP contribution in [-0.2, 0) is 6.54 Å². The van der Waals surface area contributed by atoms with Crippen molar-refractivity contribution in [1.82, 2.24) is 15.5 Å². The molecule has 0 aliphatic rings. The smallest absolute Gasteiger partial charge is 0.248 e. The zero-order valence-electron chi connectivity index (χ0n) is 12.8. The Labute approximate surface area is 134 Å². The summed E-state index contributed by atoms with van der Waals surface area (Å²) < 4.78 is 6.72. The predicted molar refractivity (Wildman–Crippen MR) is 87.9 cm³/mol. The standard InChI is InChI=1S/C16H22BrN3O/c1-4-16(5-2,6-3)18-11-14-19-20-15(21-14)12-9-7-8-10-13(12)17/h7-10,18H,4-6,11H2,1-3H3. The number of nitrogens with one attached hydrogen (secondary N) is 1. The van der Waals surface area contributed by atoms with Crippen molar-refractivity contribution in [3.8, 4) is 11.5 Å². The number of hydrogen-bond acceptors (Lipinski definition) is 4. The van der Waals surface area contributed by atoms with Crippen molar-refractivity contribution in [1.29, 1.82) is 0 Å². The van der Waals surface area contributed by atoms with E-state index < -0.39 is 0 Å². The first-order valence-corrected chi connectivity index (χ1v) is 8.25. The quantitative estimate of drug-likeness (QED) is 0.794. The maximum atomic E-state index is 5.76. The summed E-state index contributed by atoms with van der Waals surface area (Å²) in [6.45, 7) is 7.23. The van der Waals surface area contributed by atoms with Crippen LogP contribution in [0, 0.1) is 0 Å². The molecule has 2 aromatic rings. The van der Waals surface area contributed by atoms with Gasteiger partial charge >= 0.3 is 0 Å². The van der Waals surface area contributed by atoms with Crippen molar-refractivity contribution >= 4 is 15.9 Å². The molecular formula is C16H22BrN3O. The van der Waals surface area contributed by atoms with E-state index in [-0.39, 0.29) is 5.54 Å². The van der Waals surface area contributed by atoms with E-state index >= 15 is 0 Å². The second-order valence-electron chi connectivity index (χ2n) is 5.18. The SMILES string of the molecule is CCC(CC)(CC)NCc1nnc(-c2ccccc2Br)o1. The average molecular weight is 352 g/mol. The fourth-order valence-electron chi connectivity index (χ4n) is 2.46. The summed E-state index contributed by atoms with van der Waals surface area (Å²) >= 11 is 3.50. The summed E-state index contributed by atoms with van der Waals surface area (Å²) in [5, 5.41) is 11.8. The summed E-state index contributed by atoms with van der Waals surface area (Å²) in [7, 11) is 0. The van der Waals surface area contributed by atoms with E-state index in [0.29, 0.717) is 18.3 Å². The first-order valence-electron chi connectivity index (χ1n) is 7.46. The number of nitrogens with zero attached hydrogens (tertiary/aromatic N) is 2. The summed E-state index contributed by atoms with van der Waals surface area (Å²) in [5.41, 5.74) is 1.08. The van der Waals surface area contributed by atoms with Gasteiger partial charge in [0.2, 0.25) is 11.8 Å². The average Bonchev–Trinajstić information content (AvgIpc) is 2.98. The van der Waals surface area contributed by atoms with Gasteiger partial charge in [-0.1, -0.05) is 32.9 Å². The highest BCUT2D eigenvalue weighted by Crippen LogP contribution is 2.27. The molecule has 0 amide bonds. The van der Waals surface area contributed by atoms with Crippen molar-refractivity contribution in [2.24, 2.45) is 0 Å². The molecule has 0 atom stereocenters. The normalized spacial score (nSPS) is 11.8. The molecule has 0 aliphatic heterocycles. The van der Waals surface area contributed by atoms with Gasteiger partial charge in [-0.05, 0) is 47.3 Å². The van der Waals surface area contributed by atoms with Crippen LogP contribution in [0.4, 0.5) is 0 Å². The van der Waals surface area contributed by atoms with E-state index in [1.54, 1.807) is 0 Å². The lowest BCUT2D eigenvalue weighted by molar-refractivity contribution is 0.275. The Morgan fingerprint density at radius 3 is 2.38 bits per heavy atom. The number of aromatic nitrogens is 2. The van der Waals surface area contributed by atoms with E-state index in [4.69, 9.17) is 4.42 Å². The Bertz CT molecular complexity index is 570. The first kappa shape index (κ1) is 16.2. The molecule has 5 heteroatoms. The fourth-order valence-corrected chi connectivity index (χ4v) is 2.91. The largest absolute Gasteiger partial charge is 0.419 e. The van der Waals surface area contributed by atoms with Crippen molar-refractivity contribution < 1.29 is 4.42 Å². The molecule has 1 aromatic heterocycles. The van der Waals surface area contributed by atoms with E-state index in [0.717, 1.165) is 29.3 Å². The van der Waals surface area contributed by atoms with E-state index in [2.05, 4.69) is 52.2 Å². The van der Waals surface area contributed by atoms with Crippen LogP contribution in [0.1, 0.15) is 45.9 Å².